The number of phosphoric acid groups is 1. The molecule has 0 aliphatic rings. The summed E-state index contributed by atoms with van der Waals surface area (Å²) in [4.78, 5) is 38.0. The van der Waals surface area contributed by atoms with E-state index in [4.69, 9.17) is 18.5 Å². The second-order valence-corrected chi connectivity index (χ2v) is 23.8. The third-order valence-electron chi connectivity index (χ3n) is 13.1. The van der Waals surface area contributed by atoms with Crippen LogP contribution in [0, 0.1) is 0 Å². The second-order valence-electron chi connectivity index (χ2n) is 22.4. The van der Waals surface area contributed by atoms with Crippen LogP contribution in [-0.4, -0.2) is 70.0 Å². The molecule has 0 fully saturated rings. The standard InChI is InChI=1S/C76H120NO8P/c1-6-8-10-12-14-16-18-20-22-24-26-28-30-32-34-35-36-37-38-39-40-41-43-45-47-49-51-53-55-57-59-61-63-65-67-69-76(79)85-74(73-84-86(80,81)83-71-70-77(3,4)5)72-82-75(78)68-66-64-62-60-58-56-54-52-50-48-46-44-42-33-31-29-27-25-23-21-19-17-15-13-11-9-7-2/h8-11,14-17,20-23,26-29,32-34,36-37,39-40,42-43,45-46,48-49,51-52,54,74H,6-7,12-13,18-19,24-25,30-31,35,38,41,44,47,50,53,55-73H2,1-5H3/b10-8-,11-9-,16-14-,17-15-,22-20-,23-21-,28-26-,29-27-,34-32-,37-36-,40-39-,42-33-,45-43-,48-46-,51-49-,54-52-. The van der Waals surface area contributed by atoms with Crippen molar-refractivity contribution in [1.82, 2.24) is 0 Å². The lowest BCUT2D eigenvalue weighted by Crippen LogP contribution is -2.37. The number of likely N-dealkylation sites (N-methyl/N-ethyl adjacent to an activating group) is 1. The first-order chi connectivity index (χ1) is 42.0. The average molecular weight is 1210 g/mol. The van der Waals surface area contributed by atoms with Crippen LogP contribution in [0.2, 0.25) is 0 Å². The Labute approximate surface area is 526 Å². The van der Waals surface area contributed by atoms with Crippen molar-refractivity contribution in [2.45, 2.75) is 225 Å². The number of carbonyl (C=O) groups is 2. The first-order valence-electron chi connectivity index (χ1n) is 33.1. The molecule has 0 N–H and O–H groups in total. The summed E-state index contributed by atoms with van der Waals surface area (Å²) in [5.74, 6) is -0.885. The number of hydrogen-bond acceptors (Lipinski definition) is 8. The van der Waals surface area contributed by atoms with E-state index in [-0.39, 0.29) is 26.1 Å². The highest BCUT2D eigenvalue weighted by atomic mass is 31.2. The zero-order chi connectivity index (χ0) is 62.6. The van der Waals surface area contributed by atoms with Gasteiger partial charge in [-0.1, -0.05) is 260 Å². The molecule has 0 amide bonds. The quantitative estimate of drug-likeness (QED) is 0.0195. The van der Waals surface area contributed by atoms with Gasteiger partial charge in [0.1, 0.15) is 19.8 Å². The minimum absolute atomic E-state index is 0.0485. The van der Waals surface area contributed by atoms with E-state index < -0.39 is 32.5 Å². The van der Waals surface area contributed by atoms with Crippen LogP contribution in [0.4, 0.5) is 0 Å². The SMILES string of the molecule is CC/C=C\C/C=C\C/C=C\C/C=C\C/C=C\C/C=C\C/C=C\C/C=C\C/C=C\CCCCCCCCCC(=O)OC(COC(=O)CCCCCCC/C=C\C/C=C\C/C=C\C/C=C\C/C=C\C/C=C\C/C=C\CC)COP(=O)([O-])OCC[N+](C)(C)C. The van der Waals surface area contributed by atoms with Crippen LogP contribution in [0.3, 0.4) is 0 Å². The van der Waals surface area contributed by atoms with Crippen molar-refractivity contribution in [3.8, 4) is 0 Å². The number of unbranched alkanes of at least 4 members (excludes halogenated alkanes) is 12. The van der Waals surface area contributed by atoms with Crippen molar-refractivity contribution in [2.75, 3.05) is 47.5 Å². The number of ether oxygens (including phenoxy) is 2. The Morgan fingerprint density at radius 3 is 0.930 bits per heavy atom. The number of nitrogens with zero attached hydrogens (tertiary/aromatic N) is 1. The van der Waals surface area contributed by atoms with Crippen molar-refractivity contribution in [3.63, 3.8) is 0 Å². The molecule has 0 saturated carbocycles. The molecule has 0 spiro atoms. The summed E-state index contributed by atoms with van der Waals surface area (Å²) >= 11 is 0. The minimum atomic E-state index is -4.67. The summed E-state index contributed by atoms with van der Waals surface area (Å²) in [5, 5.41) is 0. The third kappa shape index (κ3) is 68.0. The van der Waals surface area contributed by atoms with E-state index in [2.05, 4.69) is 208 Å². The Kier molecular flexibility index (Phi) is 60.5. The molecule has 0 rings (SSSR count). The largest absolute Gasteiger partial charge is 0.756 e. The van der Waals surface area contributed by atoms with E-state index in [1.165, 1.54) is 12.8 Å². The molecule has 0 bridgehead atoms. The summed E-state index contributed by atoms with van der Waals surface area (Å²) in [6.45, 7) is 3.94. The van der Waals surface area contributed by atoms with Crippen LogP contribution in [-0.2, 0) is 32.7 Å². The van der Waals surface area contributed by atoms with Gasteiger partial charge in [-0.05, 0) is 141 Å². The fourth-order valence-corrected chi connectivity index (χ4v) is 8.83. The van der Waals surface area contributed by atoms with E-state index in [0.29, 0.717) is 23.9 Å². The van der Waals surface area contributed by atoms with E-state index in [1.54, 1.807) is 0 Å². The van der Waals surface area contributed by atoms with E-state index in [9.17, 15) is 19.0 Å². The van der Waals surface area contributed by atoms with Crippen LogP contribution in [0.25, 0.3) is 0 Å². The van der Waals surface area contributed by atoms with Crippen molar-refractivity contribution in [1.29, 1.82) is 0 Å². The zero-order valence-electron chi connectivity index (χ0n) is 54.7. The van der Waals surface area contributed by atoms with E-state index in [0.717, 1.165) is 167 Å². The molecule has 0 aromatic heterocycles. The molecule has 0 saturated heterocycles. The normalized spacial score (nSPS) is 14.4. The number of carbonyl (C=O) groups excluding carboxylic acids is 2. The predicted octanol–water partition coefficient (Wildman–Crippen LogP) is 21.1. The Morgan fingerprint density at radius 1 is 0.360 bits per heavy atom. The Balaban J connectivity index is 4.24. The molecular formula is C76H120NO8P. The third-order valence-corrected chi connectivity index (χ3v) is 14.1. The number of allylic oxidation sites excluding steroid dienone is 32. The average Bonchev–Trinajstić information content (AvgIpc) is 3.56. The van der Waals surface area contributed by atoms with Gasteiger partial charge in [-0.15, -0.1) is 0 Å². The van der Waals surface area contributed by atoms with Gasteiger partial charge < -0.3 is 27.9 Å². The smallest absolute Gasteiger partial charge is 0.306 e. The fourth-order valence-electron chi connectivity index (χ4n) is 8.10. The molecule has 482 valence electrons. The summed E-state index contributed by atoms with van der Waals surface area (Å²) < 4.78 is 34.2. The van der Waals surface area contributed by atoms with Gasteiger partial charge in [0.15, 0.2) is 6.10 Å². The molecule has 0 aromatic carbocycles. The van der Waals surface area contributed by atoms with Gasteiger partial charge in [-0.2, -0.15) is 0 Å². The van der Waals surface area contributed by atoms with Crippen LogP contribution >= 0.6 is 7.82 Å². The maximum absolute atomic E-state index is 12.9. The Hall–Kier alpha value is -5.15. The maximum Gasteiger partial charge on any atom is 0.306 e. The van der Waals surface area contributed by atoms with Gasteiger partial charge in [-0.25, -0.2) is 0 Å². The number of phosphoric ester groups is 1. The fraction of sp³-hybridized carbons (Fsp3) is 0.553. The number of esters is 2. The number of hydrogen-bond donors (Lipinski definition) is 0. The number of quaternary nitrogens is 1. The topological polar surface area (TPSA) is 111 Å². The first-order valence-corrected chi connectivity index (χ1v) is 34.6. The summed E-state index contributed by atoms with van der Waals surface area (Å²) in [6, 6.07) is 0. The van der Waals surface area contributed by atoms with E-state index in [1.807, 2.05) is 21.1 Å². The molecule has 10 heteroatoms. The highest BCUT2D eigenvalue weighted by Gasteiger charge is 2.22. The first kappa shape index (κ1) is 80.8. The van der Waals surface area contributed by atoms with Gasteiger partial charge in [0.25, 0.3) is 7.82 Å². The molecule has 86 heavy (non-hydrogen) atoms. The van der Waals surface area contributed by atoms with Gasteiger partial charge in [-0.3, -0.25) is 14.2 Å². The van der Waals surface area contributed by atoms with Crippen molar-refractivity contribution in [3.05, 3.63) is 194 Å². The summed E-state index contributed by atoms with van der Waals surface area (Å²) in [5.41, 5.74) is 0. The van der Waals surface area contributed by atoms with Crippen molar-refractivity contribution in [2.24, 2.45) is 0 Å². The highest BCUT2D eigenvalue weighted by Crippen LogP contribution is 2.38. The lowest BCUT2D eigenvalue weighted by molar-refractivity contribution is -0.870. The molecule has 0 aliphatic carbocycles. The van der Waals surface area contributed by atoms with Gasteiger partial charge in [0.05, 0.1) is 27.7 Å². The van der Waals surface area contributed by atoms with E-state index >= 15 is 0 Å². The second kappa shape index (κ2) is 64.3. The Morgan fingerprint density at radius 2 is 0.628 bits per heavy atom. The maximum atomic E-state index is 12.9. The number of rotatable bonds is 58. The van der Waals surface area contributed by atoms with Gasteiger partial charge >= 0.3 is 11.9 Å². The van der Waals surface area contributed by atoms with Gasteiger partial charge in [0, 0.05) is 12.8 Å². The molecule has 2 unspecified atom stereocenters. The molecule has 0 radical (unpaired) electrons. The lowest BCUT2D eigenvalue weighted by atomic mass is 10.1. The van der Waals surface area contributed by atoms with Crippen LogP contribution < -0.4 is 4.89 Å². The van der Waals surface area contributed by atoms with Crippen molar-refractivity contribution < 1.29 is 42.1 Å². The Bertz CT molecular complexity index is 2150. The molecule has 0 aromatic rings. The predicted molar refractivity (Wildman–Crippen MR) is 369 cm³/mol. The monoisotopic (exact) mass is 1210 g/mol. The van der Waals surface area contributed by atoms with Crippen molar-refractivity contribution >= 4 is 19.8 Å². The zero-order valence-corrected chi connectivity index (χ0v) is 55.6. The lowest BCUT2D eigenvalue weighted by Gasteiger charge is -2.28. The van der Waals surface area contributed by atoms with Crippen LogP contribution in [0.5, 0.6) is 0 Å². The minimum Gasteiger partial charge on any atom is -0.756 e. The molecule has 0 heterocycles. The molecule has 0 aliphatic heterocycles. The van der Waals surface area contributed by atoms with Crippen LogP contribution in [0.1, 0.15) is 219 Å². The highest BCUT2D eigenvalue weighted by molar-refractivity contribution is 7.45. The molecular weight excluding hydrogens is 1090 g/mol. The summed E-state index contributed by atoms with van der Waals surface area (Å²) in [6.07, 6.45) is 101. The molecule has 2 atom stereocenters. The molecule has 9 nitrogen and oxygen atoms in total. The summed E-state index contributed by atoms with van der Waals surface area (Å²) in [7, 11) is 1.11. The van der Waals surface area contributed by atoms with Gasteiger partial charge in [0.2, 0.25) is 0 Å². The van der Waals surface area contributed by atoms with Crippen LogP contribution in [0.15, 0.2) is 194 Å².